The summed E-state index contributed by atoms with van der Waals surface area (Å²) >= 11 is 0. The van der Waals surface area contributed by atoms with Gasteiger partial charge in [-0.1, -0.05) is 6.07 Å². The van der Waals surface area contributed by atoms with E-state index in [1.807, 2.05) is 18.2 Å². The van der Waals surface area contributed by atoms with Gasteiger partial charge in [0.05, 0.1) is 6.10 Å². The zero-order valence-electron chi connectivity index (χ0n) is 14.4. The summed E-state index contributed by atoms with van der Waals surface area (Å²) in [6, 6.07) is 9.25. The molecule has 2 aliphatic rings. The highest BCUT2D eigenvalue weighted by Gasteiger charge is 2.17. The van der Waals surface area contributed by atoms with Crippen LogP contribution >= 0.6 is 0 Å². The van der Waals surface area contributed by atoms with Crippen LogP contribution in [-0.2, 0) is 11.3 Å². The van der Waals surface area contributed by atoms with Crippen LogP contribution in [0.2, 0.25) is 0 Å². The van der Waals surface area contributed by atoms with E-state index in [0.717, 1.165) is 36.5 Å². The van der Waals surface area contributed by atoms with E-state index < -0.39 is 0 Å². The molecule has 3 heterocycles. The summed E-state index contributed by atoms with van der Waals surface area (Å²) in [4.78, 5) is 16.6. The molecule has 0 saturated carbocycles. The standard InChI is InChI=1S/C19H21N3O4/c23-19(22-11-15-2-1-7-24-15)14-5-6-20-18(9-14)21-10-13-3-4-16-17(8-13)26-12-25-16/h3-6,8-9,15H,1-2,7,10-12H2,(H,20,21)(H,22,23). The third kappa shape index (κ3) is 3.88. The fourth-order valence-corrected chi connectivity index (χ4v) is 3.03. The van der Waals surface area contributed by atoms with Gasteiger partial charge in [0.15, 0.2) is 11.5 Å². The van der Waals surface area contributed by atoms with E-state index in [-0.39, 0.29) is 18.8 Å². The number of anilines is 1. The molecule has 136 valence electrons. The fourth-order valence-electron chi connectivity index (χ4n) is 3.03. The first kappa shape index (κ1) is 16.7. The van der Waals surface area contributed by atoms with Gasteiger partial charge < -0.3 is 24.8 Å². The van der Waals surface area contributed by atoms with Crippen molar-refractivity contribution in [2.75, 3.05) is 25.3 Å². The maximum Gasteiger partial charge on any atom is 0.251 e. The molecule has 1 amide bonds. The molecule has 4 rings (SSSR count). The molecule has 1 aromatic heterocycles. The van der Waals surface area contributed by atoms with Crippen LogP contribution < -0.4 is 20.1 Å². The first-order valence-corrected chi connectivity index (χ1v) is 8.76. The topological polar surface area (TPSA) is 81.7 Å². The Balaban J connectivity index is 1.34. The quantitative estimate of drug-likeness (QED) is 0.828. The second kappa shape index (κ2) is 7.61. The average Bonchev–Trinajstić information content (AvgIpc) is 3.35. The number of hydrogen-bond donors (Lipinski definition) is 2. The zero-order valence-corrected chi connectivity index (χ0v) is 14.4. The van der Waals surface area contributed by atoms with Crippen molar-refractivity contribution >= 4 is 11.7 Å². The molecule has 1 saturated heterocycles. The van der Waals surface area contributed by atoms with Gasteiger partial charge in [-0.2, -0.15) is 0 Å². The van der Waals surface area contributed by atoms with Gasteiger partial charge in [-0.3, -0.25) is 4.79 Å². The second-order valence-corrected chi connectivity index (χ2v) is 6.32. The molecular weight excluding hydrogens is 334 g/mol. The number of ether oxygens (including phenoxy) is 3. The highest BCUT2D eigenvalue weighted by molar-refractivity contribution is 5.94. The van der Waals surface area contributed by atoms with Crippen molar-refractivity contribution in [3.05, 3.63) is 47.7 Å². The highest BCUT2D eigenvalue weighted by atomic mass is 16.7. The number of aromatic nitrogens is 1. The highest BCUT2D eigenvalue weighted by Crippen LogP contribution is 2.32. The van der Waals surface area contributed by atoms with Crippen molar-refractivity contribution in [3.63, 3.8) is 0 Å². The summed E-state index contributed by atoms with van der Waals surface area (Å²) in [5.41, 5.74) is 1.62. The Kier molecular flexibility index (Phi) is 4.88. The molecule has 26 heavy (non-hydrogen) atoms. The Labute approximate surface area is 151 Å². The monoisotopic (exact) mass is 355 g/mol. The van der Waals surface area contributed by atoms with E-state index >= 15 is 0 Å². The fraction of sp³-hybridized carbons (Fsp3) is 0.368. The normalized spacial score (nSPS) is 17.9. The van der Waals surface area contributed by atoms with Crippen LogP contribution in [0.5, 0.6) is 11.5 Å². The SMILES string of the molecule is O=C(NCC1CCCO1)c1ccnc(NCc2ccc3c(c2)OCO3)c1. The van der Waals surface area contributed by atoms with Crippen molar-refractivity contribution < 1.29 is 19.0 Å². The number of benzene rings is 1. The molecule has 7 nitrogen and oxygen atoms in total. The first-order valence-electron chi connectivity index (χ1n) is 8.76. The summed E-state index contributed by atoms with van der Waals surface area (Å²) in [5, 5.41) is 6.15. The molecule has 1 fully saturated rings. The van der Waals surface area contributed by atoms with Gasteiger partial charge in [0.2, 0.25) is 6.79 Å². The van der Waals surface area contributed by atoms with Crippen LogP contribution in [0.4, 0.5) is 5.82 Å². The Morgan fingerprint density at radius 2 is 2.12 bits per heavy atom. The largest absolute Gasteiger partial charge is 0.454 e. The van der Waals surface area contributed by atoms with Crippen molar-refractivity contribution in [1.29, 1.82) is 0 Å². The lowest BCUT2D eigenvalue weighted by atomic mass is 10.2. The van der Waals surface area contributed by atoms with Crippen molar-refractivity contribution in [2.45, 2.75) is 25.5 Å². The summed E-state index contributed by atoms with van der Waals surface area (Å²) in [6.07, 6.45) is 3.82. The third-order valence-electron chi connectivity index (χ3n) is 4.45. The number of pyridine rings is 1. The zero-order chi connectivity index (χ0) is 17.8. The van der Waals surface area contributed by atoms with Gasteiger partial charge in [0.25, 0.3) is 5.91 Å². The van der Waals surface area contributed by atoms with Crippen LogP contribution in [0.15, 0.2) is 36.5 Å². The van der Waals surface area contributed by atoms with Gasteiger partial charge in [0, 0.05) is 31.5 Å². The van der Waals surface area contributed by atoms with Crippen LogP contribution in [0.25, 0.3) is 0 Å². The lowest BCUT2D eigenvalue weighted by Gasteiger charge is -2.11. The second-order valence-electron chi connectivity index (χ2n) is 6.32. The van der Waals surface area contributed by atoms with Crippen molar-refractivity contribution in [3.8, 4) is 11.5 Å². The molecule has 1 aromatic carbocycles. The smallest absolute Gasteiger partial charge is 0.251 e. The Morgan fingerprint density at radius 3 is 3.00 bits per heavy atom. The number of nitrogens with zero attached hydrogens (tertiary/aromatic N) is 1. The van der Waals surface area contributed by atoms with Gasteiger partial charge >= 0.3 is 0 Å². The number of fused-ring (bicyclic) bond motifs is 1. The molecule has 2 aliphatic heterocycles. The number of carbonyl (C=O) groups excluding carboxylic acids is 1. The summed E-state index contributed by atoms with van der Waals surface area (Å²) in [7, 11) is 0. The van der Waals surface area contributed by atoms with Crippen molar-refractivity contribution in [2.24, 2.45) is 0 Å². The van der Waals surface area contributed by atoms with E-state index in [2.05, 4.69) is 15.6 Å². The molecule has 0 bridgehead atoms. The van der Waals surface area contributed by atoms with Crippen LogP contribution in [0, 0.1) is 0 Å². The number of carbonyl (C=O) groups is 1. The molecular formula is C19H21N3O4. The Morgan fingerprint density at radius 1 is 1.19 bits per heavy atom. The van der Waals surface area contributed by atoms with Crippen LogP contribution in [0.3, 0.4) is 0 Å². The van der Waals surface area contributed by atoms with E-state index in [0.29, 0.717) is 24.5 Å². The number of amides is 1. The predicted molar refractivity (Wildman–Crippen MR) is 95.4 cm³/mol. The van der Waals surface area contributed by atoms with Crippen LogP contribution in [0.1, 0.15) is 28.8 Å². The van der Waals surface area contributed by atoms with E-state index in [4.69, 9.17) is 14.2 Å². The minimum atomic E-state index is -0.117. The van der Waals surface area contributed by atoms with E-state index in [9.17, 15) is 4.79 Å². The molecule has 7 heteroatoms. The maximum absolute atomic E-state index is 12.3. The third-order valence-corrected chi connectivity index (χ3v) is 4.45. The first-order chi connectivity index (χ1) is 12.8. The van der Waals surface area contributed by atoms with Crippen LogP contribution in [-0.4, -0.2) is 36.9 Å². The van der Waals surface area contributed by atoms with Gasteiger partial charge in [-0.15, -0.1) is 0 Å². The molecule has 0 aliphatic carbocycles. The van der Waals surface area contributed by atoms with Gasteiger partial charge in [-0.05, 0) is 42.7 Å². The molecule has 1 atom stereocenters. The minimum absolute atomic E-state index is 0.117. The average molecular weight is 355 g/mol. The molecule has 0 spiro atoms. The maximum atomic E-state index is 12.3. The van der Waals surface area contributed by atoms with Gasteiger partial charge in [0.1, 0.15) is 5.82 Å². The summed E-state index contributed by atoms with van der Waals surface area (Å²) in [5.74, 6) is 2.04. The lowest BCUT2D eigenvalue weighted by molar-refractivity contribution is 0.0857. The predicted octanol–water partition coefficient (Wildman–Crippen LogP) is 2.33. The number of hydrogen-bond acceptors (Lipinski definition) is 6. The molecule has 1 unspecified atom stereocenters. The van der Waals surface area contributed by atoms with E-state index in [1.54, 1.807) is 18.3 Å². The molecule has 0 radical (unpaired) electrons. The molecule has 2 N–H and O–H groups in total. The summed E-state index contributed by atoms with van der Waals surface area (Å²) < 4.78 is 16.2. The minimum Gasteiger partial charge on any atom is -0.454 e. The Hall–Kier alpha value is -2.80. The molecule has 2 aromatic rings. The number of nitrogens with one attached hydrogen (secondary N) is 2. The van der Waals surface area contributed by atoms with Crippen molar-refractivity contribution in [1.82, 2.24) is 10.3 Å². The summed E-state index contributed by atoms with van der Waals surface area (Å²) in [6.45, 7) is 2.16. The lowest BCUT2D eigenvalue weighted by Crippen LogP contribution is -2.31. The van der Waals surface area contributed by atoms with E-state index in [1.165, 1.54) is 0 Å². The number of rotatable bonds is 6. The van der Waals surface area contributed by atoms with Gasteiger partial charge in [-0.25, -0.2) is 4.98 Å². The Bertz CT molecular complexity index is 790.